The molecule has 0 amide bonds. The van der Waals surface area contributed by atoms with E-state index in [1.807, 2.05) is 6.07 Å². The molecule has 0 spiro atoms. The predicted octanol–water partition coefficient (Wildman–Crippen LogP) is 3.98. The van der Waals surface area contributed by atoms with Crippen LogP contribution in [0.1, 0.15) is 37.4 Å². The largest absolute Gasteiger partial charge is 0.472 e. The average Bonchev–Trinajstić information content (AvgIpc) is 2.98. The molecule has 1 unspecified atom stereocenters. The summed E-state index contributed by atoms with van der Waals surface area (Å²) in [5.74, 6) is 0. The Morgan fingerprint density at radius 2 is 1.90 bits per heavy atom. The summed E-state index contributed by atoms with van der Waals surface area (Å²) in [4.78, 5) is 2.23. The highest BCUT2D eigenvalue weighted by Gasteiger charge is 2.08. The van der Waals surface area contributed by atoms with Crippen LogP contribution in [0.5, 0.6) is 0 Å². The first-order valence-corrected chi connectivity index (χ1v) is 7.30. The van der Waals surface area contributed by atoms with Gasteiger partial charge in [0.2, 0.25) is 0 Å². The monoisotopic (exact) mass is 272 g/mol. The summed E-state index contributed by atoms with van der Waals surface area (Å²) < 4.78 is 5.11. The van der Waals surface area contributed by atoms with Gasteiger partial charge in [0.15, 0.2) is 0 Å². The van der Waals surface area contributed by atoms with E-state index in [1.54, 1.807) is 12.5 Å². The van der Waals surface area contributed by atoms with Gasteiger partial charge in [0.05, 0.1) is 12.5 Å². The van der Waals surface area contributed by atoms with Crippen LogP contribution in [0.4, 0.5) is 5.69 Å². The maximum absolute atomic E-state index is 5.11. The molecular formula is C17H24N2O. The first-order chi connectivity index (χ1) is 9.74. The fourth-order valence-corrected chi connectivity index (χ4v) is 2.45. The van der Waals surface area contributed by atoms with Crippen molar-refractivity contribution in [1.29, 1.82) is 0 Å². The molecule has 1 aromatic carbocycles. The summed E-state index contributed by atoms with van der Waals surface area (Å²) in [6.07, 6.45) is 4.62. The van der Waals surface area contributed by atoms with Gasteiger partial charge in [0.25, 0.3) is 0 Å². The van der Waals surface area contributed by atoms with Crippen LogP contribution in [0.15, 0.2) is 47.3 Å². The van der Waals surface area contributed by atoms with Gasteiger partial charge in [-0.05, 0) is 36.7 Å². The Bertz CT molecular complexity index is 490. The van der Waals surface area contributed by atoms with E-state index in [4.69, 9.17) is 4.42 Å². The van der Waals surface area contributed by atoms with Gasteiger partial charge in [-0.3, -0.25) is 0 Å². The van der Waals surface area contributed by atoms with Gasteiger partial charge in [-0.25, -0.2) is 0 Å². The minimum Gasteiger partial charge on any atom is -0.472 e. The van der Waals surface area contributed by atoms with Crippen molar-refractivity contribution in [2.24, 2.45) is 0 Å². The summed E-state index contributed by atoms with van der Waals surface area (Å²) in [6.45, 7) is 6.23. The maximum atomic E-state index is 5.11. The second kappa shape index (κ2) is 7.15. The summed E-state index contributed by atoms with van der Waals surface area (Å²) >= 11 is 0. The first-order valence-electron chi connectivity index (χ1n) is 7.30. The number of rotatable bonds is 7. The van der Waals surface area contributed by atoms with Crippen LogP contribution < -0.4 is 10.2 Å². The molecule has 108 valence electrons. The molecule has 0 bridgehead atoms. The average molecular weight is 272 g/mol. The predicted molar refractivity (Wildman–Crippen MR) is 84.0 cm³/mol. The van der Waals surface area contributed by atoms with Gasteiger partial charge in [0, 0.05) is 30.9 Å². The van der Waals surface area contributed by atoms with E-state index >= 15 is 0 Å². The fraction of sp³-hybridized carbons (Fsp3) is 0.412. The van der Waals surface area contributed by atoms with Crippen LogP contribution in [0.3, 0.4) is 0 Å². The maximum Gasteiger partial charge on any atom is 0.0952 e. The number of hydrogen-bond donors (Lipinski definition) is 1. The number of anilines is 1. The standard InChI is InChI=1S/C17H24N2O/c1-4-17(18-5-2)15-6-8-16(9-7-15)19(3)12-14-10-11-20-13-14/h6-11,13,17-18H,4-5,12H2,1-3H3. The number of nitrogens with one attached hydrogen (secondary N) is 1. The quantitative estimate of drug-likeness (QED) is 0.826. The summed E-state index contributed by atoms with van der Waals surface area (Å²) in [7, 11) is 2.10. The van der Waals surface area contributed by atoms with E-state index in [2.05, 4.69) is 55.4 Å². The van der Waals surface area contributed by atoms with Crippen molar-refractivity contribution in [3.8, 4) is 0 Å². The van der Waals surface area contributed by atoms with Crippen molar-refractivity contribution < 1.29 is 4.42 Å². The molecule has 1 aromatic heterocycles. The molecule has 0 aliphatic carbocycles. The van der Waals surface area contributed by atoms with E-state index in [0.29, 0.717) is 6.04 Å². The van der Waals surface area contributed by atoms with Crippen molar-refractivity contribution in [3.63, 3.8) is 0 Å². The highest BCUT2D eigenvalue weighted by atomic mass is 16.3. The Kier molecular flexibility index (Phi) is 5.24. The molecule has 0 aliphatic heterocycles. The van der Waals surface area contributed by atoms with Crippen molar-refractivity contribution in [3.05, 3.63) is 54.0 Å². The fourth-order valence-electron chi connectivity index (χ4n) is 2.45. The second-order valence-electron chi connectivity index (χ2n) is 5.10. The molecule has 0 saturated carbocycles. The Balaban J connectivity index is 2.03. The van der Waals surface area contributed by atoms with Crippen LogP contribution in [0.25, 0.3) is 0 Å². The lowest BCUT2D eigenvalue weighted by Gasteiger charge is -2.21. The normalized spacial score (nSPS) is 12.3. The van der Waals surface area contributed by atoms with E-state index in [-0.39, 0.29) is 0 Å². The third kappa shape index (κ3) is 3.64. The minimum atomic E-state index is 0.452. The van der Waals surface area contributed by atoms with Crippen LogP contribution in [-0.4, -0.2) is 13.6 Å². The topological polar surface area (TPSA) is 28.4 Å². The molecule has 20 heavy (non-hydrogen) atoms. The molecular weight excluding hydrogens is 248 g/mol. The molecule has 0 fully saturated rings. The van der Waals surface area contributed by atoms with E-state index in [9.17, 15) is 0 Å². The third-order valence-corrected chi connectivity index (χ3v) is 3.59. The highest BCUT2D eigenvalue weighted by molar-refractivity contribution is 5.47. The van der Waals surface area contributed by atoms with Crippen LogP contribution in [0.2, 0.25) is 0 Å². The Labute approximate surface area is 121 Å². The zero-order valence-corrected chi connectivity index (χ0v) is 12.6. The Morgan fingerprint density at radius 3 is 2.45 bits per heavy atom. The van der Waals surface area contributed by atoms with Crippen molar-refractivity contribution in [1.82, 2.24) is 5.32 Å². The number of benzene rings is 1. The first kappa shape index (κ1) is 14.7. The number of nitrogens with zero attached hydrogens (tertiary/aromatic N) is 1. The molecule has 2 rings (SSSR count). The molecule has 2 aromatic rings. The van der Waals surface area contributed by atoms with Crippen LogP contribution >= 0.6 is 0 Å². The van der Waals surface area contributed by atoms with E-state index in [1.165, 1.54) is 16.8 Å². The minimum absolute atomic E-state index is 0.452. The molecule has 3 nitrogen and oxygen atoms in total. The Hall–Kier alpha value is -1.74. The van der Waals surface area contributed by atoms with Gasteiger partial charge in [-0.1, -0.05) is 26.0 Å². The van der Waals surface area contributed by atoms with Crippen molar-refractivity contribution in [2.75, 3.05) is 18.5 Å². The molecule has 1 heterocycles. The van der Waals surface area contributed by atoms with Crippen LogP contribution in [0, 0.1) is 0 Å². The summed E-state index contributed by atoms with van der Waals surface area (Å²) in [5, 5.41) is 3.51. The van der Waals surface area contributed by atoms with Crippen molar-refractivity contribution >= 4 is 5.69 Å². The Morgan fingerprint density at radius 1 is 1.15 bits per heavy atom. The smallest absolute Gasteiger partial charge is 0.0952 e. The molecule has 0 radical (unpaired) electrons. The molecule has 0 aliphatic rings. The summed E-state index contributed by atoms with van der Waals surface area (Å²) in [5.41, 5.74) is 3.77. The lowest BCUT2D eigenvalue weighted by Crippen LogP contribution is -2.20. The molecule has 1 atom stereocenters. The summed E-state index contributed by atoms with van der Waals surface area (Å²) in [6, 6.07) is 11.3. The number of hydrogen-bond acceptors (Lipinski definition) is 3. The second-order valence-corrected chi connectivity index (χ2v) is 5.10. The SMILES string of the molecule is CCNC(CC)c1ccc(N(C)Cc2ccoc2)cc1. The van der Waals surface area contributed by atoms with Gasteiger partial charge >= 0.3 is 0 Å². The molecule has 3 heteroatoms. The highest BCUT2D eigenvalue weighted by Crippen LogP contribution is 2.21. The van der Waals surface area contributed by atoms with Crippen molar-refractivity contribution in [2.45, 2.75) is 32.9 Å². The van der Waals surface area contributed by atoms with Gasteiger partial charge in [-0.15, -0.1) is 0 Å². The van der Waals surface area contributed by atoms with Crippen LogP contribution in [-0.2, 0) is 6.54 Å². The third-order valence-electron chi connectivity index (χ3n) is 3.59. The lowest BCUT2D eigenvalue weighted by molar-refractivity contribution is 0.537. The molecule has 0 saturated heterocycles. The zero-order chi connectivity index (χ0) is 14.4. The van der Waals surface area contributed by atoms with Gasteiger partial charge in [0.1, 0.15) is 0 Å². The number of furan rings is 1. The lowest BCUT2D eigenvalue weighted by atomic mass is 10.0. The van der Waals surface area contributed by atoms with Gasteiger partial charge < -0.3 is 14.6 Å². The van der Waals surface area contributed by atoms with E-state index in [0.717, 1.165) is 19.5 Å². The molecule has 1 N–H and O–H groups in total. The van der Waals surface area contributed by atoms with E-state index < -0.39 is 0 Å². The van der Waals surface area contributed by atoms with Gasteiger partial charge in [-0.2, -0.15) is 0 Å². The zero-order valence-electron chi connectivity index (χ0n) is 12.6.